The quantitative estimate of drug-likeness (QED) is 0.867. The van der Waals surface area contributed by atoms with E-state index in [2.05, 4.69) is 10.1 Å². The van der Waals surface area contributed by atoms with Gasteiger partial charge in [-0.1, -0.05) is 23.7 Å². The van der Waals surface area contributed by atoms with E-state index in [0.717, 1.165) is 6.07 Å². The van der Waals surface area contributed by atoms with Gasteiger partial charge in [-0.15, -0.1) is 0 Å². The van der Waals surface area contributed by atoms with E-state index >= 15 is 0 Å². The van der Waals surface area contributed by atoms with Gasteiger partial charge in [0.2, 0.25) is 0 Å². The van der Waals surface area contributed by atoms with E-state index in [1.54, 1.807) is 12.1 Å². The molecule has 21 heavy (non-hydrogen) atoms. The summed E-state index contributed by atoms with van der Waals surface area (Å²) < 4.78 is 31.7. The van der Waals surface area contributed by atoms with Crippen molar-refractivity contribution >= 4 is 23.3 Å². The Balaban J connectivity index is 2.17. The molecule has 0 heterocycles. The summed E-state index contributed by atoms with van der Waals surface area (Å²) in [4.78, 5) is 11.4. The molecule has 0 radical (unpaired) electrons. The van der Waals surface area contributed by atoms with Gasteiger partial charge in [0.15, 0.2) is 0 Å². The Bertz CT molecular complexity index is 677. The second kappa shape index (κ2) is 6.54. The zero-order valence-electron chi connectivity index (χ0n) is 11.1. The topological polar surface area (TPSA) is 38.3 Å². The first-order chi connectivity index (χ1) is 10.0. The largest absolute Gasteiger partial charge is 0.465 e. The minimum absolute atomic E-state index is 0.0312. The minimum atomic E-state index is -0.773. The number of carbonyl (C=O) groups excluding carboxylic acids is 1. The van der Waals surface area contributed by atoms with Crippen molar-refractivity contribution in [2.45, 2.75) is 6.54 Å². The van der Waals surface area contributed by atoms with Crippen LogP contribution in [0.15, 0.2) is 36.4 Å². The van der Waals surface area contributed by atoms with Crippen molar-refractivity contribution in [2.75, 3.05) is 12.4 Å². The number of esters is 1. The van der Waals surface area contributed by atoms with Crippen LogP contribution in [0.3, 0.4) is 0 Å². The van der Waals surface area contributed by atoms with Crippen molar-refractivity contribution in [1.29, 1.82) is 0 Å². The van der Waals surface area contributed by atoms with Crippen LogP contribution in [-0.2, 0) is 11.3 Å². The fourth-order valence-electron chi connectivity index (χ4n) is 1.78. The molecular formula is C15H12ClF2NO2. The van der Waals surface area contributed by atoms with Gasteiger partial charge in [0.25, 0.3) is 0 Å². The second-order valence-electron chi connectivity index (χ2n) is 4.25. The highest BCUT2D eigenvalue weighted by atomic mass is 35.5. The smallest absolute Gasteiger partial charge is 0.340 e. The summed E-state index contributed by atoms with van der Waals surface area (Å²) in [6, 6.07) is 8.57. The van der Waals surface area contributed by atoms with Crippen molar-refractivity contribution in [3.63, 3.8) is 0 Å². The maximum atomic E-state index is 13.7. The molecule has 0 saturated carbocycles. The first-order valence-corrected chi connectivity index (χ1v) is 6.45. The first kappa shape index (κ1) is 15.3. The number of hydrogen-bond acceptors (Lipinski definition) is 3. The molecule has 6 heteroatoms. The Labute approximate surface area is 125 Å². The molecule has 0 atom stereocenters. The van der Waals surface area contributed by atoms with Crippen molar-refractivity contribution in [1.82, 2.24) is 0 Å². The maximum absolute atomic E-state index is 13.7. The number of halogens is 3. The number of carbonyl (C=O) groups is 1. The number of hydrogen-bond donors (Lipinski definition) is 1. The first-order valence-electron chi connectivity index (χ1n) is 6.07. The van der Waals surface area contributed by atoms with Gasteiger partial charge >= 0.3 is 5.97 Å². The Morgan fingerprint density at radius 3 is 2.76 bits per heavy atom. The monoisotopic (exact) mass is 311 g/mol. The maximum Gasteiger partial charge on any atom is 0.340 e. The van der Waals surface area contributed by atoms with Crippen LogP contribution in [0.25, 0.3) is 0 Å². The summed E-state index contributed by atoms with van der Waals surface area (Å²) in [7, 11) is 1.17. The lowest BCUT2D eigenvalue weighted by Gasteiger charge is -2.10. The summed E-state index contributed by atoms with van der Waals surface area (Å²) >= 11 is 5.69. The van der Waals surface area contributed by atoms with Gasteiger partial charge < -0.3 is 10.1 Å². The van der Waals surface area contributed by atoms with Gasteiger partial charge in [-0.3, -0.25) is 0 Å². The van der Waals surface area contributed by atoms with Gasteiger partial charge in [0, 0.05) is 17.8 Å². The number of ether oxygens (including phenoxy) is 1. The predicted octanol–water partition coefficient (Wildman–Crippen LogP) is 4.02. The molecule has 3 nitrogen and oxygen atoms in total. The number of nitrogens with one attached hydrogen (secondary N) is 1. The Morgan fingerprint density at radius 2 is 2.05 bits per heavy atom. The third kappa shape index (κ3) is 3.49. The van der Waals surface area contributed by atoms with Crippen LogP contribution >= 0.6 is 11.6 Å². The summed E-state index contributed by atoms with van der Waals surface area (Å²) in [5, 5.41) is 2.93. The van der Waals surface area contributed by atoms with Crippen molar-refractivity contribution < 1.29 is 18.3 Å². The summed E-state index contributed by atoms with van der Waals surface area (Å²) in [5.41, 5.74) is 0.650. The molecule has 0 fully saturated rings. The van der Waals surface area contributed by atoms with E-state index in [-0.39, 0.29) is 17.1 Å². The lowest BCUT2D eigenvalue weighted by molar-refractivity contribution is 0.0595. The highest BCUT2D eigenvalue weighted by molar-refractivity contribution is 6.30. The SMILES string of the molecule is COC(=O)c1cc(NCc2cccc(Cl)c2F)ccc1F. The normalized spacial score (nSPS) is 10.3. The zero-order chi connectivity index (χ0) is 15.4. The third-order valence-corrected chi connectivity index (χ3v) is 3.18. The number of anilines is 1. The molecule has 110 valence electrons. The van der Waals surface area contributed by atoms with E-state index in [0.29, 0.717) is 11.3 Å². The Hall–Kier alpha value is -2.14. The molecule has 0 amide bonds. The lowest BCUT2D eigenvalue weighted by Crippen LogP contribution is -2.07. The van der Waals surface area contributed by atoms with Crippen LogP contribution < -0.4 is 5.32 Å². The molecular weight excluding hydrogens is 300 g/mol. The standard InChI is InChI=1S/C15H12ClF2NO2/c1-21-15(20)11-7-10(5-6-13(11)17)19-8-9-3-2-4-12(16)14(9)18/h2-7,19H,8H2,1H3. The van der Waals surface area contributed by atoms with Crippen LogP contribution in [0, 0.1) is 11.6 Å². The summed E-state index contributed by atoms with van der Waals surface area (Å²) in [6.07, 6.45) is 0. The summed E-state index contributed by atoms with van der Waals surface area (Å²) in [5.74, 6) is -1.96. The Morgan fingerprint density at radius 1 is 1.29 bits per heavy atom. The van der Waals surface area contributed by atoms with E-state index in [9.17, 15) is 13.6 Å². The highest BCUT2D eigenvalue weighted by Crippen LogP contribution is 2.20. The molecule has 2 aromatic carbocycles. The molecule has 0 aromatic heterocycles. The van der Waals surface area contributed by atoms with Gasteiger partial charge in [-0.2, -0.15) is 0 Å². The number of methoxy groups -OCH3 is 1. The van der Waals surface area contributed by atoms with E-state index in [1.165, 1.54) is 25.3 Å². The molecule has 0 unspecified atom stereocenters. The van der Waals surface area contributed by atoms with Crippen LogP contribution in [0.2, 0.25) is 5.02 Å². The van der Waals surface area contributed by atoms with Crippen LogP contribution in [0.5, 0.6) is 0 Å². The molecule has 2 aromatic rings. The van der Waals surface area contributed by atoms with Crippen LogP contribution in [0.1, 0.15) is 15.9 Å². The molecule has 0 aliphatic rings. The molecule has 0 aliphatic heterocycles. The molecule has 0 bridgehead atoms. The molecule has 0 spiro atoms. The number of benzene rings is 2. The fraction of sp³-hybridized carbons (Fsp3) is 0.133. The highest BCUT2D eigenvalue weighted by Gasteiger charge is 2.13. The van der Waals surface area contributed by atoms with Gasteiger partial charge in [-0.25, -0.2) is 13.6 Å². The summed E-state index contributed by atoms with van der Waals surface area (Å²) in [6.45, 7) is 0.151. The third-order valence-electron chi connectivity index (χ3n) is 2.89. The van der Waals surface area contributed by atoms with Gasteiger partial charge in [0.05, 0.1) is 17.7 Å². The van der Waals surface area contributed by atoms with Crippen molar-refractivity contribution in [3.8, 4) is 0 Å². The minimum Gasteiger partial charge on any atom is -0.465 e. The molecule has 0 saturated heterocycles. The Kier molecular flexibility index (Phi) is 4.75. The van der Waals surface area contributed by atoms with E-state index < -0.39 is 17.6 Å². The van der Waals surface area contributed by atoms with Gasteiger partial charge in [0.1, 0.15) is 11.6 Å². The molecule has 1 N–H and O–H groups in total. The fourth-order valence-corrected chi connectivity index (χ4v) is 1.98. The van der Waals surface area contributed by atoms with Crippen molar-refractivity contribution in [2.24, 2.45) is 0 Å². The molecule has 0 aliphatic carbocycles. The van der Waals surface area contributed by atoms with Crippen LogP contribution in [-0.4, -0.2) is 13.1 Å². The predicted molar refractivity (Wildman–Crippen MR) is 76.5 cm³/mol. The van der Waals surface area contributed by atoms with Crippen LogP contribution in [0.4, 0.5) is 14.5 Å². The van der Waals surface area contributed by atoms with E-state index in [1.807, 2.05) is 0 Å². The van der Waals surface area contributed by atoms with E-state index in [4.69, 9.17) is 11.6 Å². The second-order valence-corrected chi connectivity index (χ2v) is 4.66. The average molecular weight is 312 g/mol. The average Bonchev–Trinajstić information content (AvgIpc) is 2.49. The zero-order valence-corrected chi connectivity index (χ0v) is 11.9. The van der Waals surface area contributed by atoms with Crippen molar-refractivity contribution in [3.05, 3.63) is 64.2 Å². The van der Waals surface area contributed by atoms with Gasteiger partial charge in [-0.05, 0) is 24.3 Å². The molecule has 2 rings (SSSR count). The number of rotatable bonds is 4. The lowest BCUT2D eigenvalue weighted by atomic mass is 10.1.